The van der Waals surface area contributed by atoms with Crippen LogP contribution in [0.15, 0.2) is 41.5 Å². The minimum absolute atomic E-state index is 0.0286. The molecule has 152 valence electrons. The maximum Gasteiger partial charge on any atom is 0.251 e. The van der Waals surface area contributed by atoms with Crippen LogP contribution in [0.1, 0.15) is 32.8 Å². The lowest BCUT2D eigenvalue weighted by molar-refractivity contribution is -0.124. The van der Waals surface area contributed by atoms with Gasteiger partial charge in [0.15, 0.2) is 0 Å². The first-order chi connectivity index (χ1) is 13.9. The largest absolute Gasteiger partial charge is 0.352 e. The van der Waals surface area contributed by atoms with E-state index >= 15 is 0 Å². The minimum Gasteiger partial charge on any atom is -0.352 e. The molecule has 2 N–H and O–H groups in total. The van der Waals surface area contributed by atoms with Gasteiger partial charge in [0.2, 0.25) is 5.91 Å². The van der Waals surface area contributed by atoms with E-state index in [0.717, 1.165) is 24.1 Å². The summed E-state index contributed by atoms with van der Waals surface area (Å²) < 4.78 is 1.82. The summed E-state index contributed by atoms with van der Waals surface area (Å²) in [6, 6.07) is 6.84. The molecule has 0 bridgehead atoms. The number of carbonyl (C=O) groups excluding carboxylic acids is 1. The maximum absolute atomic E-state index is 12.3. The highest BCUT2D eigenvalue weighted by molar-refractivity contribution is 6.33. The van der Waals surface area contributed by atoms with E-state index in [0.29, 0.717) is 28.6 Å². The lowest BCUT2D eigenvalue weighted by Gasteiger charge is -2.10. The first-order valence-corrected chi connectivity index (χ1v) is 9.96. The molecule has 3 rings (SSSR count). The van der Waals surface area contributed by atoms with Crippen molar-refractivity contribution in [1.29, 1.82) is 0 Å². The number of H-pyrrole nitrogens is 1. The first-order valence-electron chi connectivity index (χ1n) is 9.58. The van der Waals surface area contributed by atoms with Crippen LogP contribution in [0.25, 0.3) is 22.6 Å². The van der Waals surface area contributed by atoms with Crippen molar-refractivity contribution in [3.8, 4) is 22.6 Å². The summed E-state index contributed by atoms with van der Waals surface area (Å²) in [7, 11) is 0. The fourth-order valence-electron chi connectivity index (χ4n) is 2.84. The topological polar surface area (TPSA) is 92.7 Å². The zero-order valence-electron chi connectivity index (χ0n) is 16.7. The van der Waals surface area contributed by atoms with Crippen LogP contribution in [-0.4, -0.2) is 25.7 Å². The number of nitrogens with one attached hydrogen (secondary N) is 2. The Morgan fingerprint density at radius 2 is 2.10 bits per heavy atom. The number of halogens is 1. The summed E-state index contributed by atoms with van der Waals surface area (Å²) in [6.07, 6.45) is 4.53. The fourth-order valence-corrected chi connectivity index (χ4v) is 3.04. The van der Waals surface area contributed by atoms with Gasteiger partial charge in [-0.1, -0.05) is 38.4 Å². The quantitative estimate of drug-likeness (QED) is 0.618. The van der Waals surface area contributed by atoms with Gasteiger partial charge in [-0.2, -0.15) is 5.10 Å². The molecule has 7 nitrogen and oxygen atoms in total. The predicted octanol–water partition coefficient (Wildman–Crippen LogP) is 3.64. The molecule has 8 heteroatoms. The molecule has 0 radical (unpaired) electrons. The Morgan fingerprint density at radius 1 is 1.31 bits per heavy atom. The summed E-state index contributed by atoms with van der Waals surface area (Å²) in [4.78, 5) is 31.4. The van der Waals surface area contributed by atoms with Crippen LogP contribution in [0.5, 0.6) is 0 Å². The Bertz CT molecular complexity index is 1070. The summed E-state index contributed by atoms with van der Waals surface area (Å²) in [5.74, 6) is 0.252. The van der Waals surface area contributed by atoms with Crippen LogP contribution in [0.3, 0.4) is 0 Å². The average Bonchev–Trinajstić information content (AvgIpc) is 3.15. The van der Waals surface area contributed by atoms with Crippen LogP contribution < -0.4 is 10.9 Å². The monoisotopic (exact) mass is 413 g/mol. The molecule has 2 heterocycles. The van der Waals surface area contributed by atoms with E-state index < -0.39 is 0 Å². The molecule has 2 aromatic heterocycles. The molecule has 1 aromatic carbocycles. The molecule has 0 spiro atoms. The molecule has 3 aromatic rings. The Balaban J connectivity index is 1.93. The normalized spacial score (nSPS) is 11.1. The zero-order chi connectivity index (χ0) is 21.0. The van der Waals surface area contributed by atoms with Crippen LogP contribution in [0, 0.1) is 5.92 Å². The Kier molecular flexibility index (Phi) is 6.49. The van der Waals surface area contributed by atoms with Gasteiger partial charge in [-0.05, 0) is 24.1 Å². The molecule has 0 fully saturated rings. The van der Waals surface area contributed by atoms with E-state index in [9.17, 15) is 9.59 Å². The lowest BCUT2D eigenvalue weighted by Crippen LogP contribution is -2.27. The van der Waals surface area contributed by atoms with Gasteiger partial charge in [0.25, 0.3) is 5.56 Å². The number of aromatic nitrogens is 4. The molecule has 1 amide bonds. The number of aryl methyl sites for hydroxylation is 1. The Morgan fingerprint density at radius 3 is 2.83 bits per heavy atom. The fraction of sp³-hybridized carbons (Fsp3) is 0.333. The number of rotatable bonds is 7. The van der Waals surface area contributed by atoms with Crippen molar-refractivity contribution in [2.75, 3.05) is 0 Å². The molecular weight excluding hydrogens is 390 g/mol. The Hall–Kier alpha value is -2.93. The van der Waals surface area contributed by atoms with Gasteiger partial charge in [0.1, 0.15) is 5.82 Å². The van der Waals surface area contributed by atoms with E-state index in [2.05, 4.69) is 27.3 Å². The first kappa shape index (κ1) is 20.8. The van der Waals surface area contributed by atoms with Gasteiger partial charge in [-0.15, -0.1) is 0 Å². The number of aromatic amines is 1. The smallest absolute Gasteiger partial charge is 0.251 e. The van der Waals surface area contributed by atoms with Gasteiger partial charge < -0.3 is 10.3 Å². The predicted molar refractivity (Wildman–Crippen MR) is 114 cm³/mol. The second-order valence-corrected chi connectivity index (χ2v) is 7.57. The SMILES string of the molecule is CCCn1cc(-c2cc(=O)[nH]c(-c3cc(CNC(=O)C(C)C)ccc3Cl)n2)cn1. The third kappa shape index (κ3) is 5.12. The van der Waals surface area contributed by atoms with Crippen LogP contribution >= 0.6 is 11.6 Å². The van der Waals surface area contributed by atoms with Gasteiger partial charge in [0.05, 0.1) is 16.9 Å². The zero-order valence-corrected chi connectivity index (χ0v) is 17.5. The number of nitrogens with zero attached hydrogens (tertiary/aromatic N) is 3. The van der Waals surface area contributed by atoms with E-state index in [1.165, 1.54) is 6.07 Å². The molecule has 0 saturated heterocycles. The molecule has 0 aliphatic rings. The summed E-state index contributed by atoms with van der Waals surface area (Å²) in [5.41, 5.74) is 2.48. The van der Waals surface area contributed by atoms with Gasteiger partial charge in [0, 0.05) is 42.4 Å². The van der Waals surface area contributed by atoms with Crippen molar-refractivity contribution in [3.05, 3.63) is 57.6 Å². The maximum atomic E-state index is 12.3. The highest BCUT2D eigenvalue weighted by Gasteiger charge is 2.13. The molecule has 0 aliphatic heterocycles. The molecule has 0 unspecified atom stereocenters. The van der Waals surface area contributed by atoms with E-state index in [1.54, 1.807) is 12.3 Å². The number of hydrogen-bond acceptors (Lipinski definition) is 4. The second-order valence-electron chi connectivity index (χ2n) is 7.16. The summed E-state index contributed by atoms with van der Waals surface area (Å²) in [5, 5.41) is 7.64. The third-order valence-corrected chi connectivity index (χ3v) is 4.73. The van der Waals surface area contributed by atoms with Crippen LogP contribution in [-0.2, 0) is 17.9 Å². The van der Waals surface area contributed by atoms with E-state index in [-0.39, 0.29) is 17.4 Å². The molecule has 29 heavy (non-hydrogen) atoms. The minimum atomic E-state index is -0.275. The van der Waals surface area contributed by atoms with Crippen LogP contribution in [0.4, 0.5) is 0 Å². The Labute approximate surface area is 174 Å². The third-order valence-electron chi connectivity index (χ3n) is 4.40. The van der Waals surface area contributed by atoms with Crippen molar-refractivity contribution in [3.63, 3.8) is 0 Å². The van der Waals surface area contributed by atoms with Crippen LogP contribution in [0.2, 0.25) is 5.02 Å². The molecule has 0 saturated carbocycles. The summed E-state index contributed by atoms with van der Waals surface area (Å²) >= 11 is 6.37. The number of carbonyl (C=O) groups is 1. The van der Waals surface area contributed by atoms with E-state index in [1.807, 2.05) is 36.9 Å². The molecule has 0 atom stereocenters. The lowest BCUT2D eigenvalue weighted by atomic mass is 10.1. The second kappa shape index (κ2) is 9.05. The molecular formula is C21H24ClN5O2. The van der Waals surface area contributed by atoms with Crippen molar-refractivity contribution in [2.45, 2.75) is 40.3 Å². The number of benzene rings is 1. The standard InChI is InChI=1S/C21H24ClN5O2/c1-4-7-27-12-15(11-24-27)18-9-19(28)26-20(25-18)16-8-14(5-6-17(16)22)10-23-21(29)13(2)3/h5-6,8-9,11-13H,4,7,10H2,1-3H3,(H,23,29)(H,25,26,28). The van der Waals surface area contributed by atoms with Gasteiger partial charge >= 0.3 is 0 Å². The van der Waals surface area contributed by atoms with Crippen molar-refractivity contribution < 1.29 is 4.79 Å². The van der Waals surface area contributed by atoms with Crippen molar-refractivity contribution in [2.24, 2.45) is 5.92 Å². The van der Waals surface area contributed by atoms with Gasteiger partial charge in [-0.25, -0.2) is 4.98 Å². The van der Waals surface area contributed by atoms with Crippen molar-refractivity contribution >= 4 is 17.5 Å². The molecule has 0 aliphatic carbocycles. The highest BCUT2D eigenvalue weighted by Crippen LogP contribution is 2.27. The highest BCUT2D eigenvalue weighted by atomic mass is 35.5. The van der Waals surface area contributed by atoms with E-state index in [4.69, 9.17) is 11.6 Å². The number of amides is 1. The van der Waals surface area contributed by atoms with Gasteiger partial charge in [-0.3, -0.25) is 14.3 Å². The average molecular weight is 414 g/mol. The van der Waals surface area contributed by atoms with Crippen molar-refractivity contribution in [1.82, 2.24) is 25.1 Å². The summed E-state index contributed by atoms with van der Waals surface area (Å²) in [6.45, 7) is 6.92. The number of hydrogen-bond donors (Lipinski definition) is 2.